The zero-order valence-electron chi connectivity index (χ0n) is 11.5. The van der Waals surface area contributed by atoms with E-state index in [1.165, 1.54) is 0 Å². The zero-order valence-corrected chi connectivity index (χ0v) is 11.5. The molecule has 0 spiro atoms. The molecule has 106 valence electrons. The summed E-state index contributed by atoms with van der Waals surface area (Å²) in [5, 5.41) is 15.1. The fraction of sp³-hybridized carbons (Fsp3) is 0.438. The van der Waals surface area contributed by atoms with E-state index in [2.05, 4.69) is 10.3 Å². The number of hydrogen-bond donors (Lipinski definition) is 3. The number of aliphatic hydroxyl groups excluding tert-OH is 1. The van der Waals surface area contributed by atoms with Gasteiger partial charge in [0.2, 0.25) is 0 Å². The van der Waals surface area contributed by atoms with Crippen LogP contribution >= 0.6 is 0 Å². The quantitative estimate of drug-likeness (QED) is 0.751. The summed E-state index contributed by atoms with van der Waals surface area (Å²) in [6, 6.07) is 6.02. The van der Waals surface area contributed by atoms with Crippen LogP contribution in [0.3, 0.4) is 0 Å². The van der Waals surface area contributed by atoms with Crippen LogP contribution in [0.4, 0.5) is 11.4 Å². The van der Waals surface area contributed by atoms with Crippen molar-refractivity contribution in [2.45, 2.75) is 31.8 Å². The molecule has 1 aromatic heterocycles. The molecular weight excluding hydrogens is 250 g/mol. The first-order valence-electron chi connectivity index (χ1n) is 7.28. The average Bonchev–Trinajstić information content (AvgIpc) is 2.49. The number of nitrogens with zero attached hydrogens (tertiary/aromatic N) is 1. The van der Waals surface area contributed by atoms with Gasteiger partial charge in [-0.05, 0) is 43.7 Å². The normalized spacial score (nSPS) is 22.9. The molecule has 20 heavy (non-hydrogen) atoms. The van der Waals surface area contributed by atoms with Gasteiger partial charge >= 0.3 is 0 Å². The van der Waals surface area contributed by atoms with Crippen molar-refractivity contribution in [3.05, 3.63) is 30.6 Å². The summed E-state index contributed by atoms with van der Waals surface area (Å²) < 4.78 is 0. The van der Waals surface area contributed by atoms with E-state index in [-0.39, 0.29) is 6.10 Å². The van der Waals surface area contributed by atoms with Crippen LogP contribution in [-0.2, 0) is 0 Å². The van der Waals surface area contributed by atoms with Crippen molar-refractivity contribution in [2.75, 3.05) is 17.6 Å². The number of hydrogen-bond acceptors (Lipinski definition) is 4. The van der Waals surface area contributed by atoms with Crippen LogP contribution in [0.25, 0.3) is 10.8 Å². The Bertz CT molecular complexity index is 591. The third kappa shape index (κ3) is 2.70. The Hall–Kier alpha value is -1.81. The molecule has 4 nitrogen and oxygen atoms in total. The predicted molar refractivity (Wildman–Crippen MR) is 82.6 cm³/mol. The minimum Gasteiger partial charge on any atom is -0.397 e. The Morgan fingerprint density at radius 1 is 1.20 bits per heavy atom. The van der Waals surface area contributed by atoms with Gasteiger partial charge in [-0.2, -0.15) is 0 Å². The highest BCUT2D eigenvalue weighted by atomic mass is 16.3. The van der Waals surface area contributed by atoms with E-state index in [4.69, 9.17) is 5.73 Å². The molecule has 1 aliphatic carbocycles. The maximum Gasteiger partial charge on any atom is 0.0630 e. The lowest BCUT2D eigenvalue weighted by molar-refractivity contribution is 0.111. The highest BCUT2D eigenvalue weighted by molar-refractivity contribution is 5.98. The summed E-state index contributed by atoms with van der Waals surface area (Å²) in [4.78, 5) is 4.11. The van der Waals surface area contributed by atoms with Crippen LogP contribution in [-0.4, -0.2) is 22.7 Å². The van der Waals surface area contributed by atoms with Gasteiger partial charge in [0.25, 0.3) is 0 Å². The number of nitrogens with one attached hydrogen (secondary N) is 1. The van der Waals surface area contributed by atoms with E-state index in [0.29, 0.717) is 5.92 Å². The van der Waals surface area contributed by atoms with Crippen molar-refractivity contribution in [1.29, 1.82) is 0 Å². The van der Waals surface area contributed by atoms with E-state index in [1.54, 1.807) is 6.20 Å². The molecule has 0 unspecified atom stereocenters. The van der Waals surface area contributed by atoms with E-state index >= 15 is 0 Å². The molecule has 3 rings (SSSR count). The maximum atomic E-state index is 9.53. The number of nitrogen functional groups attached to an aromatic ring is 1. The fourth-order valence-corrected chi connectivity index (χ4v) is 2.95. The monoisotopic (exact) mass is 271 g/mol. The number of rotatable bonds is 3. The molecule has 1 saturated carbocycles. The van der Waals surface area contributed by atoms with Gasteiger partial charge in [-0.3, -0.25) is 4.98 Å². The van der Waals surface area contributed by atoms with Gasteiger partial charge in [0.1, 0.15) is 0 Å². The molecule has 4 heteroatoms. The third-order valence-electron chi connectivity index (χ3n) is 4.26. The molecule has 0 amide bonds. The molecule has 0 atom stereocenters. The van der Waals surface area contributed by atoms with E-state index < -0.39 is 0 Å². The molecule has 1 heterocycles. The Morgan fingerprint density at radius 2 is 2.00 bits per heavy atom. The summed E-state index contributed by atoms with van der Waals surface area (Å²) in [6.45, 7) is 0.924. The Labute approximate surface area is 119 Å². The van der Waals surface area contributed by atoms with E-state index in [1.807, 2.05) is 24.4 Å². The lowest BCUT2D eigenvalue weighted by Gasteiger charge is -2.26. The Balaban J connectivity index is 1.70. The second-order valence-corrected chi connectivity index (χ2v) is 5.68. The van der Waals surface area contributed by atoms with Crippen molar-refractivity contribution >= 4 is 22.1 Å². The predicted octanol–water partition coefficient (Wildman–Crippen LogP) is 2.78. The molecule has 4 N–H and O–H groups in total. The SMILES string of the molecule is Nc1c(NCC2CCC(O)CC2)ccc2cnccc12. The van der Waals surface area contributed by atoms with Crippen molar-refractivity contribution in [1.82, 2.24) is 4.98 Å². The van der Waals surface area contributed by atoms with E-state index in [0.717, 1.165) is 54.4 Å². The minimum absolute atomic E-state index is 0.0931. The number of anilines is 2. The molecule has 1 aromatic carbocycles. The van der Waals surface area contributed by atoms with Gasteiger partial charge < -0.3 is 16.2 Å². The second kappa shape index (κ2) is 5.67. The van der Waals surface area contributed by atoms with Crippen LogP contribution in [0.1, 0.15) is 25.7 Å². The summed E-state index contributed by atoms with van der Waals surface area (Å²) in [7, 11) is 0. The van der Waals surface area contributed by atoms with Crippen LogP contribution in [0, 0.1) is 5.92 Å². The number of aromatic nitrogens is 1. The van der Waals surface area contributed by atoms with Crippen LogP contribution in [0.15, 0.2) is 30.6 Å². The molecule has 2 aromatic rings. The molecule has 1 fully saturated rings. The maximum absolute atomic E-state index is 9.53. The number of pyridine rings is 1. The van der Waals surface area contributed by atoms with Gasteiger partial charge in [0, 0.05) is 29.7 Å². The minimum atomic E-state index is -0.0931. The number of aliphatic hydroxyl groups is 1. The zero-order chi connectivity index (χ0) is 13.9. The molecular formula is C16H21N3O. The van der Waals surface area contributed by atoms with Crippen molar-refractivity contribution in [3.8, 4) is 0 Å². The summed E-state index contributed by atoms with van der Waals surface area (Å²) in [5.41, 5.74) is 8.01. The number of benzene rings is 1. The highest BCUT2D eigenvalue weighted by Gasteiger charge is 2.19. The Morgan fingerprint density at radius 3 is 2.80 bits per heavy atom. The standard InChI is InChI=1S/C16H21N3O/c17-16-14-7-8-18-10-12(14)3-6-15(16)19-9-11-1-4-13(20)5-2-11/h3,6-8,10-11,13,19-20H,1-2,4-5,9,17H2. The second-order valence-electron chi connectivity index (χ2n) is 5.68. The van der Waals surface area contributed by atoms with Gasteiger partial charge in [0.05, 0.1) is 17.5 Å². The van der Waals surface area contributed by atoms with Gasteiger partial charge in [-0.15, -0.1) is 0 Å². The lowest BCUT2D eigenvalue weighted by atomic mass is 9.87. The molecule has 0 saturated heterocycles. The van der Waals surface area contributed by atoms with Gasteiger partial charge in [-0.25, -0.2) is 0 Å². The summed E-state index contributed by atoms with van der Waals surface area (Å²) in [6.07, 6.45) is 7.53. The van der Waals surface area contributed by atoms with Crippen LogP contribution in [0.5, 0.6) is 0 Å². The first kappa shape index (κ1) is 13.2. The number of nitrogens with two attached hydrogens (primary N) is 1. The first-order valence-corrected chi connectivity index (χ1v) is 7.28. The molecule has 0 bridgehead atoms. The Kier molecular flexibility index (Phi) is 3.74. The summed E-state index contributed by atoms with van der Waals surface area (Å²) >= 11 is 0. The van der Waals surface area contributed by atoms with Gasteiger partial charge in [0.15, 0.2) is 0 Å². The van der Waals surface area contributed by atoms with Gasteiger partial charge in [-0.1, -0.05) is 6.07 Å². The summed E-state index contributed by atoms with van der Waals surface area (Å²) in [5.74, 6) is 0.630. The van der Waals surface area contributed by atoms with Crippen molar-refractivity contribution < 1.29 is 5.11 Å². The molecule has 0 aliphatic heterocycles. The van der Waals surface area contributed by atoms with Crippen LogP contribution in [0.2, 0.25) is 0 Å². The van der Waals surface area contributed by atoms with Crippen molar-refractivity contribution in [2.24, 2.45) is 5.92 Å². The fourth-order valence-electron chi connectivity index (χ4n) is 2.95. The van der Waals surface area contributed by atoms with Crippen LogP contribution < -0.4 is 11.1 Å². The largest absolute Gasteiger partial charge is 0.397 e. The molecule has 0 radical (unpaired) electrons. The number of fused-ring (bicyclic) bond motifs is 1. The highest BCUT2D eigenvalue weighted by Crippen LogP contribution is 2.29. The third-order valence-corrected chi connectivity index (χ3v) is 4.26. The smallest absolute Gasteiger partial charge is 0.0630 e. The van der Waals surface area contributed by atoms with E-state index in [9.17, 15) is 5.11 Å². The van der Waals surface area contributed by atoms with Crippen molar-refractivity contribution in [3.63, 3.8) is 0 Å². The topological polar surface area (TPSA) is 71.2 Å². The first-order chi connectivity index (χ1) is 9.74. The lowest BCUT2D eigenvalue weighted by Crippen LogP contribution is -2.23. The average molecular weight is 271 g/mol. The molecule has 1 aliphatic rings.